The van der Waals surface area contributed by atoms with Gasteiger partial charge in [-0.1, -0.05) is 27.7 Å². The van der Waals surface area contributed by atoms with Crippen LogP contribution in [0.4, 0.5) is 10.1 Å². The number of carboxylic acids is 1. The molecule has 3 heterocycles. The summed E-state index contributed by atoms with van der Waals surface area (Å²) in [5.74, 6) is -1.25. The highest BCUT2D eigenvalue weighted by Gasteiger charge is 2.36. The molecule has 37 heavy (non-hydrogen) atoms. The van der Waals surface area contributed by atoms with Crippen LogP contribution in [0.15, 0.2) is 18.5 Å². The van der Waals surface area contributed by atoms with Gasteiger partial charge in [-0.05, 0) is 64.4 Å². The van der Waals surface area contributed by atoms with Gasteiger partial charge in [-0.3, -0.25) is 4.98 Å². The van der Waals surface area contributed by atoms with Crippen molar-refractivity contribution in [1.29, 1.82) is 0 Å². The summed E-state index contributed by atoms with van der Waals surface area (Å²) in [6.07, 6.45) is 4.71. The zero-order valence-electron chi connectivity index (χ0n) is 23.5. The van der Waals surface area contributed by atoms with Crippen LogP contribution in [0.1, 0.15) is 85.1 Å². The maximum atomic E-state index is 15.1. The van der Waals surface area contributed by atoms with Crippen LogP contribution in [0.5, 0.6) is 5.88 Å². The van der Waals surface area contributed by atoms with Crippen LogP contribution in [-0.2, 0) is 9.53 Å². The van der Waals surface area contributed by atoms with E-state index in [2.05, 4.69) is 42.6 Å². The maximum Gasteiger partial charge on any atom is 0.337 e. The van der Waals surface area contributed by atoms with E-state index in [-0.39, 0.29) is 11.3 Å². The van der Waals surface area contributed by atoms with E-state index in [1.54, 1.807) is 19.3 Å². The minimum atomic E-state index is -1.23. The smallest absolute Gasteiger partial charge is 0.337 e. The molecular weight excluding hydrogens is 473 g/mol. The van der Waals surface area contributed by atoms with Crippen molar-refractivity contribution >= 4 is 11.7 Å². The first-order valence-electron chi connectivity index (χ1n) is 13.1. The Labute approximate surface area is 220 Å². The Hall–Kier alpha value is -2.74. The molecule has 2 aromatic rings. The van der Waals surface area contributed by atoms with Gasteiger partial charge in [0.2, 0.25) is 5.88 Å². The van der Waals surface area contributed by atoms with E-state index in [4.69, 9.17) is 9.47 Å². The van der Waals surface area contributed by atoms with E-state index in [1.807, 2.05) is 20.8 Å². The molecule has 0 bridgehead atoms. The first kappa shape index (κ1) is 28.8. The Kier molecular flexibility index (Phi) is 8.83. The van der Waals surface area contributed by atoms with Gasteiger partial charge in [0, 0.05) is 47.9 Å². The Morgan fingerprint density at radius 2 is 1.84 bits per heavy atom. The van der Waals surface area contributed by atoms with Gasteiger partial charge in [0.25, 0.3) is 0 Å². The van der Waals surface area contributed by atoms with Gasteiger partial charge in [-0.15, -0.1) is 0 Å². The molecule has 1 saturated heterocycles. The molecule has 0 unspecified atom stereocenters. The lowest BCUT2D eigenvalue weighted by Gasteiger charge is -2.40. The minimum absolute atomic E-state index is 0.0366. The lowest BCUT2D eigenvalue weighted by molar-refractivity contribution is -0.160. The SMILES string of the molecule is Cc1ncc(-c2cnc(OCCC(C)C)c(F)c2)c(N2CCC(C)(C)CC2)c1[C@H](OC(C)(C)C)C(=O)O. The van der Waals surface area contributed by atoms with E-state index in [0.717, 1.165) is 32.4 Å². The summed E-state index contributed by atoms with van der Waals surface area (Å²) in [6, 6.07) is 1.39. The van der Waals surface area contributed by atoms with Crippen molar-refractivity contribution < 1.29 is 23.8 Å². The molecule has 1 N–H and O–H groups in total. The Morgan fingerprint density at radius 3 is 2.38 bits per heavy atom. The molecule has 0 radical (unpaired) electrons. The highest BCUT2D eigenvalue weighted by atomic mass is 19.1. The van der Waals surface area contributed by atoms with Crippen molar-refractivity contribution in [3.05, 3.63) is 35.5 Å². The normalized spacial score (nSPS) is 16.6. The summed E-state index contributed by atoms with van der Waals surface area (Å²) in [5, 5.41) is 10.2. The van der Waals surface area contributed by atoms with Crippen molar-refractivity contribution in [3.63, 3.8) is 0 Å². The molecule has 1 fully saturated rings. The molecule has 2 aromatic heterocycles. The monoisotopic (exact) mass is 515 g/mol. The van der Waals surface area contributed by atoms with Crippen LogP contribution in [0.2, 0.25) is 0 Å². The number of aryl methyl sites for hydroxylation is 1. The second-order valence-corrected chi connectivity index (χ2v) is 12.2. The number of piperidine rings is 1. The number of hydrogen-bond donors (Lipinski definition) is 1. The standard InChI is InChI=1S/C29H42FN3O4/c1-18(2)9-14-36-26-22(30)15-20(16-32-26)21-17-31-19(3)23(25(27(34)35)37-28(4,5)6)24(21)33-12-10-29(7,8)11-13-33/h15-18,25H,9-14H2,1-8H3,(H,34,35)/t25-/m0/s1. The number of hydrogen-bond acceptors (Lipinski definition) is 6. The Morgan fingerprint density at radius 1 is 1.19 bits per heavy atom. The van der Waals surface area contributed by atoms with Gasteiger partial charge >= 0.3 is 5.97 Å². The zero-order chi connectivity index (χ0) is 27.5. The highest BCUT2D eigenvalue weighted by Crippen LogP contribution is 2.43. The summed E-state index contributed by atoms with van der Waals surface area (Å²) < 4.78 is 26.7. The Bertz CT molecular complexity index is 1100. The number of rotatable bonds is 9. The van der Waals surface area contributed by atoms with Gasteiger partial charge in [0.1, 0.15) is 0 Å². The molecule has 1 aliphatic heterocycles. The number of carbonyl (C=O) groups is 1. The predicted molar refractivity (Wildman–Crippen MR) is 144 cm³/mol. The fourth-order valence-electron chi connectivity index (χ4n) is 4.47. The fourth-order valence-corrected chi connectivity index (χ4v) is 4.47. The van der Waals surface area contributed by atoms with Crippen LogP contribution in [0.3, 0.4) is 0 Å². The molecule has 0 aromatic carbocycles. The first-order valence-corrected chi connectivity index (χ1v) is 13.1. The van der Waals surface area contributed by atoms with Crippen molar-refractivity contribution in [2.75, 3.05) is 24.6 Å². The second-order valence-electron chi connectivity index (χ2n) is 12.2. The molecule has 204 valence electrons. The Balaban J connectivity index is 2.14. The van der Waals surface area contributed by atoms with Gasteiger partial charge in [0.05, 0.1) is 17.9 Å². The van der Waals surface area contributed by atoms with E-state index >= 15 is 4.39 Å². The number of pyridine rings is 2. The van der Waals surface area contributed by atoms with E-state index < -0.39 is 23.5 Å². The van der Waals surface area contributed by atoms with Crippen LogP contribution in [-0.4, -0.2) is 46.3 Å². The summed E-state index contributed by atoms with van der Waals surface area (Å²) in [6.45, 7) is 17.8. The number of halogens is 1. The lowest BCUT2D eigenvalue weighted by Crippen LogP contribution is -2.39. The number of carboxylic acid groups (broad SMARTS) is 1. The average Bonchev–Trinajstić information content (AvgIpc) is 2.78. The molecule has 0 amide bonds. The van der Waals surface area contributed by atoms with Crippen molar-refractivity contribution in [2.45, 2.75) is 86.4 Å². The summed E-state index contributed by atoms with van der Waals surface area (Å²) in [4.78, 5) is 23.5. The highest BCUT2D eigenvalue weighted by molar-refractivity contribution is 5.86. The third-order valence-electron chi connectivity index (χ3n) is 6.73. The number of anilines is 1. The first-order chi connectivity index (χ1) is 17.2. The third-order valence-corrected chi connectivity index (χ3v) is 6.73. The van der Waals surface area contributed by atoms with E-state index in [0.29, 0.717) is 40.6 Å². The van der Waals surface area contributed by atoms with Crippen molar-refractivity contribution in [2.24, 2.45) is 11.3 Å². The molecule has 3 rings (SSSR count). The van der Waals surface area contributed by atoms with Gasteiger partial charge in [-0.25, -0.2) is 14.2 Å². The van der Waals surface area contributed by atoms with Crippen LogP contribution in [0.25, 0.3) is 11.1 Å². The molecule has 0 saturated carbocycles. The number of ether oxygens (including phenoxy) is 2. The van der Waals surface area contributed by atoms with Crippen molar-refractivity contribution in [1.82, 2.24) is 9.97 Å². The lowest BCUT2D eigenvalue weighted by atomic mass is 9.82. The zero-order valence-corrected chi connectivity index (χ0v) is 23.5. The largest absolute Gasteiger partial charge is 0.479 e. The topological polar surface area (TPSA) is 84.8 Å². The molecular formula is C29H42FN3O4. The molecule has 1 atom stereocenters. The second kappa shape index (κ2) is 11.3. The summed E-state index contributed by atoms with van der Waals surface area (Å²) in [5.41, 5.74) is 2.42. The number of nitrogens with zero attached hydrogens (tertiary/aromatic N) is 3. The predicted octanol–water partition coefficient (Wildman–Crippen LogP) is 6.58. The molecule has 0 aliphatic carbocycles. The van der Waals surface area contributed by atoms with Crippen LogP contribution < -0.4 is 9.64 Å². The molecule has 0 spiro atoms. The fraction of sp³-hybridized carbons (Fsp3) is 0.621. The van der Waals surface area contributed by atoms with Gasteiger partial charge in [-0.2, -0.15) is 0 Å². The number of aromatic nitrogens is 2. The quantitative estimate of drug-likeness (QED) is 0.404. The van der Waals surface area contributed by atoms with E-state index in [9.17, 15) is 9.90 Å². The minimum Gasteiger partial charge on any atom is -0.479 e. The van der Waals surface area contributed by atoms with Gasteiger partial charge < -0.3 is 19.5 Å². The molecule has 1 aliphatic rings. The third kappa shape index (κ3) is 7.40. The van der Waals surface area contributed by atoms with Crippen LogP contribution >= 0.6 is 0 Å². The average molecular weight is 516 g/mol. The van der Waals surface area contributed by atoms with Crippen LogP contribution in [0, 0.1) is 24.1 Å². The number of aliphatic carboxylic acids is 1. The molecule has 7 nitrogen and oxygen atoms in total. The summed E-state index contributed by atoms with van der Waals surface area (Å²) in [7, 11) is 0. The van der Waals surface area contributed by atoms with Gasteiger partial charge in [0.15, 0.2) is 11.9 Å². The van der Waals surface area contributed by atoms with E-state index in [1.165, 1.54) is 6.07 Å². The maximum absolute atomic E-state index is 15.1. The summed E-state index contributed by atoms with van der Waals surface area (Å²) >= 11 is 0. The molecule has 8 heteroatoms. The van der Waals surface area contributed by atoms with Crippen molar-refractivity contribution in [3.8, 4) is 17.0 Å².